The van der Waals surface area contributed by atoms with Crippen molar-refractivity contribution in [2.75, 3.05) is 0 Å². The number of hydrogen-bond acceptors (Lipinski definition) is 4. The second-order valence-electron chi connectivity index (χ2n) is 11.0. The molecule has 9 aromatic rings. The SMILES string of the molecule is N#Cc1ccc(-c2nc(-c3cccc(-n4c5ccccc5c5cc6sc7ccccc7c6cc54)c3)nc3ccccc23)cc1. The topological polar surface area (TPSA) is 54.5 Å². The Morgan fingerprint density at radius 3 is 2.18 bits per heavy atom. The van der Waals surface area contributed by atoms with E-state index in [4.69, 9.17) is 9.97 Å². The van der Waals surface area contributed by atoms with Gasteiger partial charge in [-0.15, -0.1) is 11.3 Å². The molecule has 0 radical (unpaired) electrons. The molecule has 6 aromatic carbocycles. The quantitative estimate of drug-likeness (QED) is 0.210. The number of benzene rings is 6. The number of fused-ring (bicyclic) bond motifs is 7. The smallest absolute Gasteiger partial charge is 0.160 e. The van der Waals surface area contributed by atoms with Crippen molar-refractivity contribution in [1.82, 2.24) is 14.5 Å². The van der Waals surface area contributed by atoms with Gasteiger partial charge in [-0.25, -0.2) is 9.97 Å². The average molecular weight is 579 g/mol. The zero-order valence-corrected chi connectivity index (χ0v) is 24.2. The third-order valence-corrected chi connectivity index (χ3v) is 9.56. The first-order valence-electron chi connectivity index (χ1n) is 14.5. The number of thiophene rings is 1. The zero-order chi connectivity index (χ0) is 29.2. The molecular formula is C39H22N4S. The predicted octanol–water partition coefficient (Wildman–Crippen LogP) is 10.3. The van der Waals surface area contributed by atoms with E-state index in [1.54, 1.807) is 0 Å². The van der Waals surface area contributed by atoms with Crippen molar-refractivity contribution in [2.45, 2.75) is 0 Å². The van der Waals surface area contributed by atoms with E-state index in [9.17, 15) is 5.26 Å². The van der Waals surface area contributed by atoms with Crippen LogP contribution in [0, 0.1) is 11.3 Å². The zero-order valence-electron chi connectivity index (χ0n) is 23.4. The fraction of sp³-hybridized carbons (Fsp3) is 0. The molecule has 0 saturated carbocycles. The van der Waals surface area contributed by atoms with Crippen LogP contribution in [-0.4, -0.2) is 14.5 Å². The minimum absolute atomic E-state index is 0.624. The van der Waals surface area contributed by atoms with Crippen LogP contribution >= 0.6 is 11.3 Å². The van der Waals surface area contributed by atoms with Crippen LogP contribution in [-0.2, 0) is 0 Å². The highest BCUT2D eigenvalue weighted by atomic mass is 32.1. The third kappa shape index (κ3) is 3.75. The van der Waals surface area contributed by atoms with Gasteiger partial charge in [-0.3, -0.25) is 0 Å². The normalized spacial score (nSPS) is 11.6. The molecule has 5 heteroatoms. The molecule has 204 valence electrons. The molecule has 0 bridgehead atoms. The van der Waals surface area contributed by atoms with Gasteiger partial charge >= 0.3 is 0 Å². The van der Waals surface area contributed by atoms with Crippen molar-refractivity contribution >= 4 is 64.2 Å². The number of nitriles is 1. The summed E-state index contributed by atoms with van der Waals surface area (Å²) in [4.78, 5) is 10.1. The van der Waals surface area contributed by atoms with E-state index in [0.29, 0.717) is 11.4 Å². The molecule has 0 spiro atoms. The summed E-state index contributed by atoms with van der Waals surface area (Å²) in [6, 6.07) is 48.4. The van der Waals surface area contributed by atoms with Gasteiger partial charge in [-0.05, 0) is 54.6 Å². The second kappa shape index (κ2) is 9.60. The number of rotatable bonds is 3. The van der Waals surface area contributed by atoms with Crippen LogP contribution in [0.15, 0.2) is 133 Å². The number of aromatic nitrogens is 3. The lowest BCUT2D eigenvalue weighted by molar-refractivity contribution is 1.17. The highest BCUT2D eigenvalue weighted by Crippen LogP contribution is 2.41. The summed E-state index contributed by atoms with van der Waals surface area (Å²) in [6.07, 6.45) is 0. The average Bonchev–Trinajstić information content (AvgIpc) is 3.61. The van der Waals surface area contributed by atoms with Gasteiger partial charge < -0.3 is 4.57 Å². The van der Waals surface area contributed by atoms with E-state index in [-0.39, 0.29) is 0 Å². The third-order valence-electron chi connectivity index (χ3n) is 8.42. The lowest BCUT2D eigenvalue weighted by atomic mass is 10.0. The van der Waals surface area contributed by atoms with Crippen LogP contribution < -0.4 is 0 Å². The van der Waals surface area contributed by atoms with Crippen molar-refractivity contribution in [3.63, 3.8) is 0 Å². The van der Waals surface area contributed by atoms with Gasteiger partial charge in [0.15, 0.2) is 5.82 Å². The van der Waals surface area contributed by atoms with Gasteiger partial charge in [-0.2, -0.15) is 5.26 Å². The van der Waals surface area contributed by atoms with Gasteiger partial charge in [0.1, 0.15) is 0 Å². The molecule has 0 unspecified atom stereocenters. The standard InChI is InChI=1S/C39H22N4S/c40-23-24-16-18-25(19-17-24)38-30-12-1-4-13-33(30)41-39(42-38)26-8-7-9-27(20-26)43-34-14-5-2-10-28(34)31-22-37-32(21-35(31)43)29-11-3-6-15-36(29)44-37/h1-22H. The van der Waals surface area contributed by atoms with E-state index in [2.05, 4.69) is 102 Å². The van der Waals surface area contributed by atoms with Crippen molar-refractivity contribution in [3.8, 4) is 34.4 Å². The molecule has 0 aliphatic heterocycles. The Hall–Kier alpha value is -5.83. The summed E-state index contributed by atoms with van der Waals surface area (Å²) in [5, 5.41) is 15.3. The van der Waals surface area contributed by atoms with Crippen molar-refractivity contribution in [2.24, 2.45) is 0 Å². The Kier molecular flexibility index (Phi) is 5.40. The summed E-state index contributed by atoms with van der Waals surface area (Å²) in [5.41, 5.74) is 7.65. The summed E-state index contributed by atoms with van der Waals surface area (Å²) < 4.78 is 4.97. The van der Waals surface area contributed by atoms with Crippen molar-refractivity contribution < 1.29 is 0 Å². The fourth-order valence-electron chi connectivity index (χ4n) is 6.38. The van der Waals surface area contributed by atoms with Crippen LogP contribution in [0.25, 0.3) is 81.2 Å². The highest BCUT2D eigenvalue weighted by molar-refractivity contribution is 7.25. The minimum atomic E-state index is 0.624. The van der Waals surface area contributed by atoms with Gasteiger partial charge in [0.25, 0.3) is 0 Å². The molecule has 4 nitrogen and oxygen atoms in total. The van der Waals surface area contributed by atoms with Gasteiger partial charge in [0, 0.05) is 53.1 Å². The van der Waals surface area contributed by atoms with Crippen molar-refractivity contribution in [1.29, 1.82) is 5.26 Å². The van der Waals surface area contributed by atoms with Crippen molar-refractivity contribution in [3.05, 3.63) is 139 Å². The minimum Gasteiger partial charge on any atom is -0.309 e. The molecule has 44 heavy (non-hydrogen) atoms. The molecule has 0 N–H and O–H groups in total. The van der Waals surface area contributed by atoms with Crippen LogP contribution in [0.3, 0.4) is 0 Å². The van der Waals surface area contributed by atoms with Crippen LogP contribution in [0.1, 0.15) is 5.56 Å². The summed E-state index contributed by atoms with van der Waals surface area (Å²) >= 11 is 1.85. The largest absolute Gasteiger partial charge is 0.309 e. The molecule has 0 aliphatic carbocycles. The second-order valence-corrected chi connectivity index (χ2v) is 12.1. The Bertz CT molecular complexity index is 2620. The summed E-state index contributed by atoms with van der Waals surface area (Å²) in [7, 11) is 0. The maximum absolute atomic E-state index is 9.31. The van der Waals surface area contributed by atoms with E-state index < -0.39 is 0 Å². The van der Waals surface area contributed by atoms with Crippen LogP contribution in [0.2, 0.25) is 0 Å². The van der Waals surface area contributed by atoms with E-state index in [0.717, 1.165) is 33.4 Å². The molecular weight excluding hydrogens is 557 g/mol. The first-order valence-corrected chi connectivity index (χ1v) is 15.3. The monoisotopic (exact) mass is 578 g/mol. The highest BCUT2D eigenvalue weighted by Gasteiger charge is 2.17. The van der Waals surface area contributed by atoms with Gasteiger partial charge in [0.05, 0.1) is 33.9 Å². The molecule has 0 amide bonds. The first kappa shape index (κ1) is 24.7. The predicted molar refractivity (Wildman–Crippen MR) is 182 cm³/mol. The van der Waals surface area contributed by atoms with Gasteiger partial charge in [-0.1, -0.05) is 78.9 Å². The number of nitrogens with zero attached hydrogens (tertiary/aromatic N) is 4. The molecule has 3 aromatic heterocycles. The lowest BCUT2D eigenvalue weighted by Gasteiger charge is -2.12. The van der Waals surface area contributed by atoms with Crippen LogP contribution in [0.4, 0.5) is 0 Å². The Morgan fingerprint density at radius 2 is 1.32 bits per heavy atom. The molecule has 9 rings (SSSR count). The Morgan fingerprint density at radius 1 is 0.545 bits per heavy atom. The van der Waals surface area contributed by atoms with E-state index >= 15 is 0 Å². The number of hydrogen-bond donors (Lipinski definition) is 0. The van der Waals surface area contributed by atoms with Crippen LogP contribution in [0.5, 0.6) is 0 Å². The maximum Gasteiger partial charge on any atom is 0.160 e. The van der Waals surface area contributed by atoms with E-state index in [1.165, 1.54) is 42.0 Å². The first-order chi connectivity index (χ1) is 21.7. The number of para-hydroxylation sites is 2. The van der Waals surface area contributed by atoms with Gasteiger partial charge in [0.2, 0.25) is 0 Å². The summed E-state index contributed by atoms with van der Waals surface area (Å²) in [5.74, 6) is 0.664. The molecule has 3 heterocycles. The maximum atomic E-state index is 9.31. The molecule has 0 fully saturated rings. The Balaban J connectivity index is 1.27. The Labute approximate surface area is 256 Å². The lowest BCUT2D eigenvalue weighted by Crippen LogP contribution is -1.98. The molecule has 0 aliphatic rings. The molecule has 0 atom stereocenters. The molecule has 0 saturated heterocycles. The fourth-order valence-corrected chi connectivity index (χ4v) is 7.50. The summed E-state index contributed by atoms with van der Waals surface area (Å²) in [6.45, 7) is 0. The van der Waals surface area contributed by atoms with E-state index in [1.807, 2.05) is 53.8 Å².